The molecule has 1 fully saturated rings. The quantitative estimate of drug-likeness (QED) is 0.284. The minimum Gasteiger partial charge on any atom is -0.463 e. The lowest BCUT2D eigenvalue weighted by Gasteiger charge is -2.15. The number of H-pyrrole nitrogens is 1. The molecule has 1 amide bonds. The largest absolute Gasteiger partial charge is 0.463 e. The molecule has 9 nitrogen and oxygen atoms in total. The minimum atomic E-state index is -3.96. The zero-order chi connectivity index (χ0) is 27.8. The lowest BCUT2D eigenvalue weighted by atomic mass is 9.93. The molecule has 7 rings (SSSR count). The zero-order valence-corrected chi connectivity index (χ0v) is 22.3. The molecule has 0 bridgehead atoms. The van der Waals surface area contributed by atoms with Crippen molar-refractivity contribution < 1.29 is 26.8 Å². The van der Waals surface area contributed by atoms with Crippen LogP contribution >= 0.6 is 11.6 Å². The summed E-state index contributed by atoms with van der Waals surface area (Å²) in [6.07, 6.45) is 8.77. The van der Waals surface area contributed by atoms with Crippen molar-refractivity contribution in [3.8, 4) is 0 Å². The molecule has 12 heteroatoms. The number of Topliss-reactive ketones (excluding diaryl/α,β-unsaturated/α-hetero) is 1. The predicted molar refractivity (Wildman–Crippen MR) is 148 cm³/mol. The van der Waals surface area contributed by atoms with Crippen molar-refractivity contribution in [2.75, 3.05) is 0 Å². The van der Waals surface area contributed by atoms with Crippen LogP contribution in [-0.2, 0) is 21.4 Å². The summed E-state index contributed by atoms with van der Waals surface area (Å²) in [5.41, 5.74) is 2.52. The van der Waals surface area contributed by atoms with Crippen LogP contribution in [0.15, 0.2) is 59.5 Å². The molecule has 2 aliphatic carbocycles. The Kier molecular flexibility index (Phi) is 5.52. The molecular formula is C28H20ClFN4O5S. The van der Waals surface area contributed by atoms with Crippen LogP contribution in [-0.4, -0.2) is 39.9 Å². The predicted octanol–water partition coefficient (Wildman–Crippen LogP) is 5.24. The first kappa shape index (κ1) is 24.8. The molecule has 5 aromatic rings. The number of carbonyl (C=O) groups is 2. The number of rotatable bonds is 6. The van der Waals surface area contributed by atoms with Gasteiger partial charge in [0.1, 0.15) is 17.1 Å². The highest BCUT2D eigenvalue weighted by molar-refractivity contribution is 7.91. The van der Waals surface area contributed by atoms with Crippen molar-refractivity contribution in [1.82, 2.24) is 19.3 Å². The van der Waals surface area contributed by atoms with E-state index in [9.17, 15) is 18.0 Å². The smallest absolute Gasteiger partial charge is 0.282 e. The molecule has 0 spiro atoms. The molecule has 0 atom stereocenters. The molecule has 0 radical (unpaired) electrons. The third-order valence-corrected chi connectivity index (χ3v) is 9.49. The maximum atomic E-state index is 15.4. The summed E-state index contributed by atoms with van der Waals surface area (Å²) in [7, 11) is -3.96. The first-order chi connectivity index (χ1) is 19.2. The van der Waals surface area contributed by atoms with Gasteiger partial charge in [-0.05, 0) is 42.7 Å². The van der Waals surface area contributed by atoms with Gasteiger partial charge in [0, 0.05) is 29.1 Å². The number of sulfonamides is 1. The van der Waals surface area contributed by atoms with E-state index in [4.69, 9.17) is 16.0 Å². The maximum Gasteiger partial charge on any atom is 0.282 e. The number of hydrogen-bond acceptors (Lipinski definition) is 6. The van der Waals surface area contributed by atoms with Crippen LogP contribution in [0.1, 0.15) is 40.9 Å². The van der Waals surface area contributed by atoms with Gasteiger partial charge >= 0.3 is 0 Å². The molecule has 0 unspecified atom stereocenters. The Balaban J connectivity index is 1.55. The van der Waals surface area contributed by atoms with E-state index in [0.29, 0.717) is 39.8 Å². The topological polar surface area (TPSA) is 127 Å². The fourth-order valence-corrected chi connectivity index (χ4v) is 6.76. The molecule has 202 valence electrons. The number of aromatic amines is 1. The first-order valence-corrected chi connectivity index (χ1v) is 14.4. The number of imidazole rings is 1. The number of allylic oxidation sites excluding steroid dienone is 4. The molecule has 1 saturated carbocycles. The van der Waals surface area contributed by atoms with Crippen LogP contribution < -0.4 is 4.72 Å². The lowest BCUT2D eigenvalue weighted by Crippen LogP contribution is -2.35. The van der Waals surface area contributed by atoms with E-state index in [-0.39, 0.29) is 52.1 Å². The van der Waals surface area contributed by atoms with E-state index < -0.39 is 27.0 Å². The summed E-state index contributed by atoms with van der Waals surface area (Å²) in [5.74, 6) is -1.81. The average Bonchev–Trinajstić information content (AvgIpc) is 3.37. The number of furan rings is 1. The number of benzene rings is 2. The summed E-state index contributed by atoms with van der Waals surface area (Å²) in [5, 5.41) is 0.168. The lowest BCUT2D eigenvalue weighted by molar-refractivity contribution is -0.113. The molecule has 0 saturated heterocycles. The summed E-state index contributed by atoms with van der Waals surface area (Å²) in [6, 6.07) is 6.14. The Morgan fingerprint density at radius 2 is 2.10 bits per heavy atom. The van der Waals surface area contributed by atoms with E-state index in [2.05, 4.69) is 14.7 Å². The molecule has 2 N–H and O–H groups in total. The molecule has 3 aromatic heterocycles. The summed E-state index contributed by atoms with van der Waals surface area (Å²) in [6.45, 7) is -0.0422. The van der Waals surface area contributed by atoms with Crippen LogP contribution in [0.4, 0.5) is 4.39 Å². The highest BCUT2D eigenvalue weighted by Gasteiger charge is 2.39. The number of nitrogens with zero attached hydrogens (tertiary/aromatic N) is 2. The van der Waals surface area contributed by atoms with Crippen molar-refractivity contribution in [1.29, 1.82) is 0 Å². The first-order valence-electron chi connectivity index (χ1n) is 12.5. The molecule has 2 aliphatic rings. The van der Waals surface area contributed by atoms with Crippen LogP contribution in [0.25, 0.3) is 38.5 Å². The highest BCUT2D eigenvalue weighted by atomic mass is 35.5. The van der Waals surface area contributed by atoms with Gasteiger partial charge in [-0.15, -0.1) is 0 Å². The van der Waals surface area contributed by atoms with Crippen LogP contribution in [0, 0.1) is 5.82 Å². The Bertz CT molecular complexity index is 2080. The monoisotopic (exact) mass is 578 g/mol. The third-order valence-electron chi connectivity index (χ3n) is 7.32. The molecule has 40 heavy (non-hydrogen) atoms. The van der Waals surface area contributed by atoms with Crippen LogP contribution in [0.5, 0.6) is 0 Å². The van der Waals surface area contributed by atoms with Gasteiger partial charge in [0.2, 0.25) is 10.0 Å². The highest BCUT2D eigenvalue weighted by Crippen LogP contribution is 2.41. The van der Waals surface area contributed by atoms with Gasteiger partial charge in [0.15, 0.2) is 5.78 Å². The van der Waals surface area contributed by atoms with Gasteiger partial charge in [0.05, 0.1) is 45.2 Å². The number of nitrogens with one attached hydrogen (secondary N) is 2. The third kappa shape index (κ3) is 3.88. The van der Waals surface area contributed by atoms with Crippen LogP contribution in [0.2, 0.25) is 5.02 Å². The second kappa shape index (κ2) is 8.90. The normalized spacial score (nSPS) is 15.8. The SMILES string of the molecule is O=C1CC=CC=C1c1c(C(=O)NS(=O)(=O)C2CC2)n(Cc2cc3[nH]cnc3cc2Cl)c2cc(F)c3ccoc3c12. The number of ketones is 1. The van der Waals surface area contributed by atoms with Gasteiger partial charge in [-0.2, -0.15) is 0 Å². The second-order valence-electron chi connectivity index (χ2n) is 9.90. The number of hydrogen-bond donors (Lipinski definition) is 2. The van der Waals surface area contributed by atoms with Gasteiger partial charge < -0.3 is 14.0 Å². The van der Waals surface area contributed by atoms with Crippen LogP contribution in [0.3, 0.4) is 0 Å². The van der Waals surface area contributed by atoms with Crippen molar-refractivity contribution in [2.45, 2.75) is 31.1 Å². The molecule has 0 aliphatic heterocycles. The average molecular weight is 579 g/mol. The van der Waals surface area contributed by atoms with E-state index in [0.717, 1.165) is 0 Å². The number of amides is 1. The number of aromatic nitrogens is 3. The maximum absolute atomic E-state index is 15.4. The standard InChI is InChI=1S/C28H20ClFN4O5S/c29-18-10-21-20(31-13-32-21)9-14(18)12-34-22-11-19(30)16-7-8-39-27(16)25(22)24(17-3-1-2-4-23(17)35)26(34)28(36)33-40(37,38)15-5-6-15/h1-3,7-11,13,15H,4-6,12H2,(H,31,32)(H,33,36). The Morgan fingerprint density at radius 1 is 1.27 bits per heavy atom. The second-order valence-corrected chi connectivity index (χ2v) is 12.3. The summed E-state index contributed by atoms with van der Waals surface area (Å²) < 4.78 is 50.5. The fourth-order valence-electron chi connectivity index (χ4n) is 5.27. The van der Waals surface area contributed by atoms with Gasteiger partial charge in [-0.3, -0.25) is 9.59 Å². The number of fused-ring (bicyclic) bond motifs is 4. The van der Waals surface area contributed by atoms with E-state index in [1.807, 2.05) is 0 Å². The number of halogens is 2. The van der Waals surface area contributed by atoms with E-state index in [1.54, 1.807) is 30.4 Å². The van der Waals surface area contributed by atoms with Gasteiger partial charge in [-0.25, -0.2) is 22.5 Å². The van der Waals surface area contributed by atoms with E-state index >= 15 is 4.39 Å². The Hall–Kier alpha value is -4.22. The van der Waals surface area contributed by atoms with Gasteiger partial charge in [-0.1, -0.05) is 29.8 Å². The summed E-state index contributed by atoms with van der Waals surface area (Å²) in [4.78, 5) is 34.3. The molecule has 2 aromatic carbocycles. The van der Waals surface area contributed by atoms with Crippen molar-refractivity contribution >= 4 is 71.8 Å². The van der Waals surface area contributed by atoms with Gasteiger partial charge in [0.25, 0.3) is 5.91 Å². The van der Waals surface area contributed by atoms with Crippen molar-refractivity contribution in [2.24, 2.45) is 0 Å². The molecular weight excluding hydrogens is 559 g/mol. The fraction of sp³-hybridized carbons (Fsp3) is 0.179. The Labute approximate surface area is 231 Å². The summed E-state index contributed by atoms with van der Waals surface area (Å²) >= 11 is 6.61. The van der Waals surface area contributed by atoms with Crippen molar-refractivity contribution in [3.63, 3.8) is 0 Å². The molecule has 3 heterocycles. The minimum absolute atomic E-state index is 0.0422. The van der Waals surface area contributed by atoms with Crippen molar-refractivity contribution in [3.05, 3.63) is 82.7 Å². The number of carbonyl (C=O) groups excluding carboxylic acids is 2. The zero-order valence-electron chi connectivity index (χ0n) is 20.7. The Morgan fingerprint density at radius 3 is 2.88 bits per heavy atom. The van der Waals surface area contributed by atoms with E-state index in [1.165, 1.54) is 29.3 Å².